The fourth-order valence-electron chi connectivity index (χ4n) is 3.19. The summed E-state index contributed by atoms with van der Waals surface area (Å²) in [6.45, 7) is 5.00. The van der Waals surface area contributed by atoms with Gasteiger partial charge in [0.25, 0.3) is 5.91 Å². The number of thiophene rings is 1. The number of piperidine rings is 1. The van der Waals surface area contributed by atoms with Crippen molar-refractivity contribution in [2.24, 2.45) is 5.92 Å². The molecular formula is C19H22FIN2OS. The van der Waals surface area contributed by atoms with Gasteiger partial charge in [-0.25, -0.2) is 4.39 Å². The van der Waals surface area contributed by atoms with Gasteiger partial charge in [-0.2, -0.15) is 0 Å². The Morgan fingerprint density at radius 2 is 2.16 bits per heavy atom. The van der Waals surface area contributed by atoms with Gasteiger partial charge in [0.05, 0.1) is 11.6 Å². The normalized spacial score (nSPS) is 17.4. The van der Waals surface area contributed by atoms with Crippen LogP contribution < -0.4 is 5.32 Å². The van der Waals surface area contributed by atoms with Crippen LogP contribution in [0, 0.1) is 15.3 Å². The van der Waals surface area contributed by atoms with Crippen molar-refractivity contribution in [3.8, 4) is 0 Å². The molecule has 0 spiro atoms. The number of rotatable bonds is 5. The molecule has 1 unspecified atom stereocenters. The number of benzene rings is 1. The van der Waals surface area contributed by atoms with Gasteiger partial charge >= 0.3 is 0 Å². The number of nitrogens with one attached hydrogen (secondary N) is 1. The molecular weight excluding hydrogens is 450 g/mol. The monoisotopic (exact) mass is 472 g/mol. The summed E-state index contributed by atoms with van der Waals surface area (Å²) in [6, 6.07) is 8.67. The predicted molar refractivity (Wildman–Crippen MR) is 108 cm³/mol. The number of carbonyl (C=O) groups excluding carboxylic acids is 1. The van der Waals surface area contributed by atoms with E-state index in [2.05, 4.69) is 34.7 Å². The lowest BCUT2D eigenvalue weighted by Gasteiger charge is -2.36. The molecule has 1 aromatic heterocycles. The highest BCUT2D eigenvalue weighted by atomic mass is 127. The maximum atomic E-state index is 13.2. The van der Waals surface area contributed by atoms with Crippen LogP contribution in [0.2, 0.25) is 0 Å². The van der Waals surface area contributed by atoms with Crippen LogP contribution in [0.3, 0.4) is 0 Å². The Bertz CT molecular complexity index is 714. The Balaban J connectivity index is 1.69. The molecule has 1 atom stereocenters. The summed E-state index contributed by atoms with van der Waals surface area (Å²) in [5.41, 5.74) is 0.527. The lowest BCUT2D eigenvalue weighted by molar-refractivity contribution is 0.0914. The Labute approximate surface area is 165 Å². The van der Waals surface area contributed by atoms with E-state index in [1.54, 1.807) is 17.4 Å². The Hall–Kier alpha value is -0.990. The topological polar surface area (TPSA) is 32.3 Å². The average molecular weight is 472 g/mol. The predicted octanol–water partition coefficient (Wildman–Crippen LogP) is 4.69. The molecule has 2 heterocycles. The van der Waals surface area contributed by atoms with Crippen LogP contribution in [0.25, 0.3) is 0 Å². The number of carbonyl (C=O) groups is 1. The second kappa shape index (κ2) is 8.60. The summed E-state index contributed by atoms with van der Waals surface area (Å²) < 4.78 is 13.9. The summed E-state index contributed by atoms with van der Waals surface area (Å²) in [4.78, 5) is 16.3. The Morgan fingerprint density at radius 3 is 2.80 bits per heavy atom. The van der Waals surface area contributed by atoms with Crippen molar-refractivity contribution in [1.82, 2.24) is 10.2 Å². The van der Waals surface area contributed by atoms with E-state index in [0.29, 0.717) is 15.7 Å². The number of nitrogens with zero attached hydrogens (tertiary/aromatic N) is 1. The molecule has 1 aromatic carbocycles. The van der Waals surface area contributed by atoms with E-state index >= 15 is 0 Å². The number of hydrogen-bond donors (Lipinski definition) is 1. The largest absolute Gasteiger partial charge is 0.350 e. The van der Waals surface area contributed by atoms with Gasteiger partial charge in [0.1, 0.15) is 5.82 Å². The van der Waals surface area contributed by atoms with Gasteiger partial charge in [-0.1, -0.05) is 13.0 Å². The molecule has 0 saturated carbocycles. The van der Waals surface area contributed by atoms with Crippen LogP contribution in [-0.4, -0.2) is 30.4 Å². The summed E-state index contributed by atoms with van der Waals surface area (Å²) in [7, 11) is 0. The first-order chi connectivity index (χ1) is 12.0. The Kier molecular flexibility index (Phi) is 6.46. The van der Waals surface area contributed by atoms with Crippen LogP contribution in [0.15, 0.2) is 35.7 Å². The van der Waals surface area contributed by atoms with Gasteiger partial charge in [-0.15, -0.1) is 11.3 Å². The van der Waals surface area contributed by atoms with Crippen molar-refractivity contribution in [1.29, 1.82) is 0 Å². The van der Waals surface area contributed by atoms with E-state index < -0.39 is 0 Å². The zero-order valence-electron chi connectivity index (χ0n) is 14.2. The van der Waals surface area contributed by atoms with Crippen LogP contribution in [0.1, 0.15) is 41.0 Å². The lowest BCUT2D eigenvalue weighted by Crippen LogP contribution is -2.41. The Morgan fingerprint density at radius 1 is 1.40 bits per heavy atom. The van der Waals surface area contributed by atoms with Crippen LogP contribution >= 0.6 is 33.9 Å². The lowest BCUT2D eigenvalue weighted by atomic mass is 9.97. The molecule has 1 fully saturated rings. The van der Waals surface area contributed by atoms with E-state index in [4.69, 9.17) is 0 Å². The summed E-state index contributed by atoms with van der Waals surface area (Å²) in [5.74, 6) is 0.312. The minimum Gasteiger partial charge on any atom is -0.350 e. The zero-order chi connectivity index (χ0) is 17.8. The van der Waals surface area contributed by atoms with Crippen LogP contribution in [0.4, 0.5) is 4.39 Å². The molecule has 1 aliphatic rings. The highest BCUT2D eigenvalue weighted by Gasteiger charge is 2.26. The van der Waals surface area contributed by atoms with Crippen molar-refractivity contribution in [3.63, 3.8) is 0 Å². The van der Waals surface area contributed by atoms with E-state index in [9.17, 15) is 9.18 Å². The van der Waals surface area contributed by atoms with Crippen molar-refractivity contribution < 1.29 is 9.18 Å². The van der Waals surface area contributed by atoms with Gasteiger partial charge in [0.15, 0.2) is 0 Å². The fraction of sp³-hybridized carbons (Fsp3) is 0.421. The van der Waals surface area contributed by atoms with Crippen molar-refractivity contribution in [2.45, 2.75) is 25.8 Å². The molecule has 1 amide bonds. The molecule has 0 bridgehead atoms. The second-order valence-corrected chi connectivity index (χ2v) is 8.73. The molecule has 6 heteroatoms. The van der Waals surface area contributed by atoms with E-state index in [1.165, 1.54) is 29.9 Å². The van der Waals surface area contributed by atoms with Gasteiger partial charge in [0, 0.05) is 15.0 Å². The van der Waals surface area contributed by atoms with E-state index in [-0.39, 0.29) is 17.8 Å². The smallest absolute Gasteiger partial charge is 0.252 e. The first kappa shape index (κ1) is 18.8. The number of hydrogen-bond acceptors (Lipinski definition) is 3. The molecule has 1 saturated heterocycles. The number of amides is 1. The van der Waals surface area contributed by atoms with Crippen molar-refractivity contribution >= 4 is 39.8 Å². The van der Waals surface area contributed by atoms with Gasteiger partial charge in [-0.05, 0) is 84.1 Å². The molecule has 3 rings (SSSR count). The third-order valence-electron chi connectivity index (χ3n) is 4.76. The SMILES string of the molecule is CC1CCN(C(CNC(=O)c2ccc(F)cc2I)c2cccs2)CC1. The molecule has 25 heavy (non-hydrogen) atoms. The quantitative estimate of drug-likeness (QED) is 0.641. The van der Waals surface area contributed by atoms with Crippen molar-refractivity contribution in [3.05, 3.63) is 55.5 Å². The van der Waals surface area contributed by atoms with Gasteiger partial charge in [-0.3, -0.25) is 9.69 Å². The first-order valence-electron chi connectivity index (χ1n) is 8.55. The molecule has 134 valence electrons. The molecule has 0 aliphatic carbocycles. The maximum Gasteiger partial charge on any atom is 0.252 e. The molecule has 3 nitrogen and oxygen atoms in total. The molecule has 0 radical (unpaired) electrons. The summed E-state index contributed by atoms with van der Waals surface area (Å²) in [5, 5.41) is 5.14. The standard InChI is InChI=1S/C19H22FIN2OS/c1-13-6-8-23(9-7-13)17(18-3-2-10-25-18)12-22-19(24)15-5-4-14(20)11-16(15)21/h2-5,10-11,13,17H,6-9,12H2,1H3,(H,22,24). The van der Waals surface area contributed by atoms with Gasteiger partial charge < -0.3 is 5.32 Å². The summed E-state index contributed by atoms with van der Waals surface area (Å²) in [6.07, 6.45) is 2.40. The molecule has 2 aromatic rings. The van der Waals surface area contributed by atoms with Crippen LogP contribution in [0.5, 0.6) is 0 Å². The third-order valence-corrected chi connectivity index (χ3v) is 6.63. The highest BCUT2D eigenvalue weighted by Crippen LogP contribution is 2.29. The molecule has 1 aliphatic heterocycles. The molecule has 1 N–H and O–H groups in total. The number of halogens is 2. The fourth-order valence-corrected chi connectivity index (χ4v) is 4.77. The van der Waals surface area contributed by atoms with Gasteiger partial charge in [0.2, 0.25) is 0 Å². The van der Waals surface area contributed by atoms with Crippen molar-refractivity contribution in [2.75, 3.05) is 19.6 Å². The maximum absolute atomic E-state index is 13.2. The third kappa shape index (κ3) is 4.80. The van der Waals surface area contributed by atoms with E-state index in [0.717, 1.165) is 19.0 Å². The summed E-state index contributed by atoms with van der Waals surface area (Å²) >= 11 is 3.74. The highest BCUT2D eigenvalue weighted by molar-refractivity contribution is 14.1. The van der Waals surface area contributed by atoms with E-state index in [1.807, 2.05) is 22.6 Å². The van der Waals surface area contributed by atoms with Crippen LogP contribution in [-0.2, 0) is 0 Å². The minimum absolute atomic E-state index is 0.142. The minimum atomic E-state index is -0.320. The number of likely N-dealkylation sites (tertiary alicyclic amines) is 1. The average Bonchev–Trinajstić information content (AvgIpc) is 3.10. The first-order valence-corrected chi connectivity index (χ1v) is 10.5. The zero-order valence-corrected chi connectivity index (χ0v) is 17.1. The second-order valence-electron chi connectivity index (χ2n) is 6.58.